The predicted octanol–water partition coefficient (Wildman–Crippen LogP) is 2.86. The van der Waals surface area contributed by atoms with Crippen LogP contribution in [-0.4, -0.2) is 19.8 Å². The van der Waals surface area contributed by atoms with Gasteiger partial charge in [-0.2, -0.15) is 0 Å². The quantitative estimate of drug-likeness (QED) is 0.794. The van der Waals surface area contributed by atoms with E-state index < -0.39 is 0 Å². The molecule has 1 aliphatic heterocycles. The molecule has 0 bridgehead atoms. The molecule has 0 saturated carbocycles. The maximum atomic E-state index is 5.56. The largest absolute Gasteiger partial charge is 0.381 e. The lowest BCUT2D eigenvalue weighted by molar-refractivity contribution is 0.0851. The zero-order chi connectivity index (χ0) is 11.9. The Kier molecular flexibility index (Phi) is 5.02. The lowest BCUT2D eigenvalue weighted by atomic mass is 9.87. The Bertz CT molecular complexity index is 331. The number of unbranched alkanes of at least 4 members (excludes halogenated alkanes) is 1. The van der Waals surface area contributed by atoms with Crippen molar-refractivity contribution in [1.82, 2.24) is 0 Å². The highest BCUT2D eigenvalue weighted by Gasteiger charge is 2.17. The van der Waals surface area contributed by atoms with Gasteiger partial charge < -0.3 is 10.5 Å². The molecule has 0 amide bonds. The molecule has 0 spiro atoms. The maximum Gasteiger partial charge on any atom is 0.0471 e. The van der Waals surface area contributed by atoms with Crippen molar-refractivity contribution in [2.45, 2.75) is 38.0 Å². The summed E-state index contributed by atoms with van der Waals surface area (Å²) in [5, 5.41) is 0. The van der Waals surface area contributed by atoms with Crippen LogP contribution in [0.25, 0.3) is 0 Å². The lowest BCUT2D eigenvalue weighted by Crippen LogP contribution is -2.15. The average molecular weight is 233 g/mol. The second kappa shape index (κ2) is 6.77. The number of ether oxygens (including phenoxy) is 1. The smallest absolute Gasteiger partial charge is 0.0471 e. The SMILES string of the molecule is NCCCCc1ccccc1C1CCOCC1. The number of aryl methyl sites for hydroxylation is 1. The van der Waals surface area contributed by atoms with Gasteiger partial charge in [0, 0.05) is 13.2 Å². The zero-order valence-corrected chi connectivity index (χ0v) is 10.5. The van der Waals surface area contributed by atoms with Gasteiger partial charge in [-0.15, -0.1) is 0 Å². The molecule has 2 N–H and O–H groups in total. The van der Waals surface area contributed by atoms with Crippen molar-refractivity contribution in [1.29, 1.82) is 0 Å². The van der Waals surface area contributed by atoms with E-state index >= 15 is 0 Å². The van der Waals surface area contributed by atoms with Crippen LogP contribution in [0.1, 0.15) is 42.7 Å². The maximum absolute atomic E-state index is 5.56. The molecule has 17 heavy (non-hydrogen) atoms. The minimum atomic E-state index is 0.706. The highest BCUT2D eigenvalue weighted by Crippen LogP contribution is 2.30. The fraction of sp³-hybridized carbons (Fsp3) is 0.600. The minimum absolute atomic E-state index is 0.706. The van der Waals surface area contributed by atoms with Crippen LogP contribution in [0.15, 0.2) is 24.3 Å². The van der Waals surface area contributed by atoms with Gasteiger partial charge in [0.1, 0.15) is 0 Å². The molecule has 0 unspecified atom stereocenters. The minimum Gasteiger partial charge on any atom is -0.381 e. The van der Waals surface area contributed by atoms with E-state index in [1.165, 1.54) is 31.2 Å². The van der Waals surface area contributed by atoms with Crippen molar-refractivity contribution in [3.05, 3.63) is 35.4 Å². The van der Waals surface area contributed by atoms with Gasteiger partial charge in [0.2, 0.25) is 0 Å². The van der Waals surface area contributed by atoms with E-state index in [1.807, 2.05) is 0 Å². The van der Waals surface area contributed by atoms with Crippen LogP contribution in [0.5, 0.6) is 0 Å². The number of nitrogens with two attached hydrogens (primary N) is 1. The van der Waals surface area contributed by atoms with Gasteiger partial charge in [-0.25, -0.2) is 0 Å². The first-order valence-electron chi connectivity index (χ1n) is 6.77. The first-order valence-corrected chi connectivity index (χ1v) is 6.77. The molecule has 1 aliphatic rings. The van der Waals surface area contributed by atoms with Crippen molar-refractivity contribution in [2.24, 2.45) is 5.73 Å². The first-order chi connectivity index (χ1) is 8.42. The highest BCUT2D eigenvalue weighted by atomic mass is 16.5. The third-order valence-corrected chi connectivity index (χ3v) is 3.62. The monoisotopic (exact) mass is 233 g/mol. The van der Waals surface area contributed by atoms with E-state index in [2.05, 4.69) is 24.3 Å². The third kappa shape index (κ3) is 3.55. The summed E-state index contributed by atoms with van der Waals surface area (Å²) in [7, 11) is 0. The lowest BCUT2D eigenvalue weighted by Gasteiger charge is -2.24. The van der Waals surface area contributed by atoms with E-state index in [-0.39, 0.29) is 0 Å². The summed E-state index contributed by atoms with van der Waals surface area (Å²) < 4.78 is 5.44. The van der Waals surface area contributed by atoms with Crippen molar-refractivity contribution in [3.8, 4) is 0 Å². The first kappa shape index (κ1) is 12.6. The number of hydrogen-bond donors (Lipinski definition) is 1. The van der Waals surface area contributed by atoms with Crippen molar-refractivity contribution < 1.29 is 4.74 Å². The van der Waals surface area contributed by atoms with Crippen LogP contribution >= 0.6 is 0 Å². The molecule has 0 atom stereocenters. The predicted molar refractivity (Wildman–Crippen MR) is 71.2 cm³/mol. The summed E-state index contributed by atoms with van der Waals surface area (Å²) in [6.07, 6.45) is 5.85. The van der Waals surface area contributed by atoms with Gasteiger partial charge >= 0.3 is 0 Å². The van der Waals surface area contributed by atoms with Crippen LogP contribution in [0.2, 0.25) is 0 Å². The molecule has 1 heterocycles. The summed E-state index contributed by atoms with van der Waals surface area (Å²) in [5.41, 5.74) is 8.63. The van der Waals surface area contributed by atoms with Crippen LogP contribution in [0.3, 0.4) is 0 Å². The number of rotatable bonds is 5. The van der Waals surface area contributed by atoms with Gasteiger partial charge in [0.25, 0.3) is 0 Å². The summed E-state index contributed by atoms with van der Waals surface area (Å²) in [5.74, 6) is 0.706. The Balaban J connectivity index is 2.03. The summed E-state index contributed by atoms with van der Waals surface area (Å²) >= 11 is 0. The average Bonchev–Trinajstić information content (AvgIpc) is 2.41. The van der Waals surface area contributed by atoms with Gasteiger partial charge in [-0.3, -0.25) is 0 Å². The molecule has 1 saturated heterocycles. The fourth-order valence-electron chi connectivity index (χ4n) is 2.63. The molecule has 2 nitrogen and oxygen atoms in total. The van der Waals surface area contributed by atoms with E-state index in [9.17, 15) is 0 Å². The molecule has 1 aromatic rings. The Morgan fingerprint density at radius 3 is 2.65 bits per heavy atom. The molecular weight excluding hydrogens is 210 g/mol. The Hall–Kier alpha value is -0.860. The topological polar surface area (TPSA) is 35.2 Å². The van der Waals surface area contributed by atoms with Crippen LogP contribution in [0.4, 0.5) is 0 Å². The van der Waals surface area contributed by atoms with Crippen LogP contribution < -0.4 is 5.73 Å². The van der Waals surface area contributed by atoms with Crippen molar-refractivity contribution in [2.75, 3.05) is 19.8 Å². The molecule has 1 aromatic carbocycles. The van der Waals surface area contributed by atoms with E-state index in [0.29, 0.717) is 5.92 Å². The van der Waals surface area contributed by atoms with Gasteiger partial charge in [0.05, 0.1) is 0 Å². The Morgan fingerprint density at radius 1 is 1.12 bits per heavy atom. The van der Waals surface area contributed by atoms with Gasteiger partial charge in [-0.05, 0) is 55.7 Å². The van der Waals surface area contributed by atoms with Crippen molar-refractivity contribution >= 4 is 0 Å². The van der Waals surface area contributed by atoms with E-state index in [1.54, 1.807) is 5.56 Å². The highest BCUT2D eigenvalue weighted by molar-refractivity contribution is 5.30. The molecule has 0 aromatic heterocycles. The summed E-state index contributed by atoms with van der Waals surface area (Å²) in [4.78, 5) is 0. The molecule has 2 rings (SSSR count). The summed E-state index contributed by atoms with van der Waals surface area (Å²) in [6, 6.07) is 8.90. The third-order valence-electron chi connectivity index (χ3n) is 3.62. The van der Waals surface area contributed by atoms with Gasteiger partial charge in [0.15, 0.2) is 0 Å². The molecular formula is C15H23NO. The summed E-state index contributed by atoms with van der Waals surface area (Å²) in [6.45, 7) is 2.64. The van der Waals surface area contributed by atoms with Crippen LogP contribution in [0, 0.1) is 0 Å². The van der Waals surface area contributed by atoms with Gasteiger partial charge in [-0.1, -0.05) is 24.3 Å². The molecule has 0 aliphatic carbocycles. The normalized spacial score (nSPS) is 17.2. The zero-order valence-electron chi connectivity index (χ0n) is 10.5. The van der Waals surface area contributed by atoms with Crippen LogP contribution in [-0.2, 0) is 11.2 Å². The molecule has 2 heteroatoms. The number of benzene rings is 1. The fourth-order valence-corrected chi connectivity index (χ4v) is 2.63. The molecule has 0 radical (unpaired) electrons. The standard InChI is InChI=1S/C15H23NO/c16-10-4-3-6-13-5-1-2-7-15(13)14-8-11-17-12-9-14/h1-2,5,7,14H,3-4,6,8-12,16H2. The van der Waals surface area contributed by atoms with E-state index in [4.69, 9.17) is 10.5 Å². The molecule has 1 fully saturated rings. The molecule has 94 valence electrons. The van der Waals surface area contributed by atoms with Crippen molar-refractivity contribution in [3.63, 3.8) is 0 Å². The Morgan fingerprint density at radius 2 is 1.88 bits per heavy atom. The second-order valence-corrected chi connectivity index (χ2v) is 4.83. The van der Waals surface area contributed by atoms with E-state index in [0.717, 1.165) is 26.2 Å². The second-order valence-electron chi connectivity index (χ2n) is 4.83. The number of hydrogen-bond acceptors (Lipinski definition) is 2. The Labute approximate surface area is 104 Å².